The number of carbonyl (C=O) groups excluding carboxylic acids is 1. The first-order chi connectivity index (χ1) is 8.70. The summed E-state index contributed by atoms with van der Waals surface area (Å²) in [4.78, 5) is 11.7. The van der Waals surface area contributed by atoms with Crippen molar-refractivity contribution in [3.05, 3.63) is 65.5 Å². The van der Waals surface area contributed by atoms with Crippen LogP contribution in [0.5, 0.6) is 5.75 Å². The van der Waals surface area contributed by atoms with Crippen molar-refractivity contribution in [3.8, 4) is 11.8 Å². The molecule has 2 rings (SSSR count). The van der Waals surface area contributed by atoms with Crippen LogP contribution >= 0.6 is 0 Å². The zero-order valence-corrected chi connectivity index (χ0v) is 9.26. The molecule has 3 nitrogen and oxygen atoms in total. The molecule has 0 N–H and O–H groups in total. The molecule has 0 saturated heterocycles. The summed E-state index contributed by atoms with van der Waals surface area (Å²) in [6, 6.07) is 13.5. The number of rotatable bonds is 2. The minimum absolute atomic E-state index is 0.119. The standard InChI is InChI=1S/C14H8FNO2/c15-12-3-1-2-4-13(12)18-14(17)11-7-5-10(9-16)6-8-11/h1-8H. The average Bonchev–Trinajstić information content (AvgIpc) is 2.41. The van der Waals surface area contributed by atoms with Gasteiger partial charge in [0.1, 0.15) is 0 Å². The molecule has 2 aromatic carbocycles. The molecule has 88 valence electrons. The third-order valence-electron chi connectivity index (χ3n) is 2.29. The molecule has 0 aromatic heterocycles. The van der Waals surface area contributed by atoms with Crippen LogP contribution < -0.4 is 4.74 Å². The van der Waals surface area contributed by atoms with Crippen LogP contribution in [0.3, 0.4) is 0 Å². The summed E-state index contributed by atoms with van der Waals surface area (Å²) < 4.78 is 18.2. The molecule has 2 aromatic rings. The maximum absolute atomic E-state index is 13.3. The number of nitriles is 1. The Kier molecular flexibility index (Phi) is 3.35. The quantitative estimate of drug-likeness (QED) is 0.600. The van der Waals surface area contributed by atoms with Gasteiger partial charge >= 0.3 is 5.97 Å². The number of hydrogen-bond donors (Lipinski definition) is 0. The van der Waals surface area contributed by atoms with E-state index < -0.39 is 11.8 Å². The van der Waals surface area contributed by atoms with Crippen LogP contribution in [0.1, 0.15) is 15.9 Å². The number of benzene rings is 2. The van der Waals surface area contributed by atoms with Crippen molar-refractivity contribution in [1.82, 2.24) is 0 Å². The van der Waals surface area contributed by atoms with E-state index in [0.29, 0.717) is 5.56 Å². The Hall–Kier alpha value is -2.67. The van der Waals surface area contributed by atoms with Gasteiger partial charge in [-0.05, 0) is 36.4 Å². The molecule has 4 heteroatoms. The first-order valence-electron chi connectivity index (χ1n) is 5.17. The normalized spacial score (nSPS) is 9.56. The van der Waals surface area contributed by atoms with Gasteiger partial charge in [-0.3, -0.25) is 0 Å². The van der Waals surface area contributed by atoms with Crippen LogP contribution in [-0.4, -0.2) is 5.97 Å². The largest absolute Gasteiger partial charge is 0.420 e. The van der Waals surface area contributed by atoms with Crippen molar-refractivity contribution in [2.45, 2.75) is 0 Å². The van der Waals surface area contributed by atoms with E-state index in [9.17, 15) is 9.18 Å². The number of nitrogens with zero attached hydrogens (tertiary/aromatic N) is 1. The summed E-state index contributed by atoms with van der Waals surface area (Å²) in [6.45, 7) is 0. The summed E-state index contributed by atoms with van der Waals surface area (Å²) in [5.74, 6) is -1.38. The van der Waals surface area contributed by atoms with Crippen LogP contribution in [0.15, 0.2) is 48.5 Å². The molecule has 0 heterocycles. The number of ether oxygens (including phenoxy) is 1. The third kappa shape index (κ3) is 2.53. The number of hydrogen-bond acceptors (Lipinski definition) is 3. The average molecular weight is 241 g/mol. The minimum Gasteiger partial charge on any atom is -0.420 e. The van der Waals surface area contributed by atoms with Crippen molar-refractivity contribution >= 4 is 5.97 Å². The van der Waals surface area contributed by atoms with E-state index in [0.717, 1.165) is 0 Å². The lowest BCUT2D eigenvalue weighted by atomic mass is 10.1. The predicted molar refractivity (Wildman–Crippen MR) is 62.5 cm³/mol. The SMILES string of the molecule is N#Cc1ccc(C(=O)Oc2ccccc2F)cc1. The molecule has 0 fully saturated rings. The molecule has 0 unspecified atom stereocenters. The Morgan fingerprint density at radius 3 is 2.39 bits per heavy atom. The fourth-order valence-electron chi connectivity index (χ4n) is 1.37. The molecule has 0 spiro atoms. The van der Waals surface area contributed by atoms with Gasteiger partial charge in [0.2, 0.25) is 0 Å². The second-order valence-corrected chi connectivity index (χ2v) is 3.51. The highest BCUT2D eigenvalue weighted by Crippen LogP contribution is 2.17. The van der Waals surface area contributed by atoms with Crippen LogP contribution in [0.2, 0.25) is 0 Å². The number of esters is 1. The van der Waals surface area contributed by atoms with Gasteiger partial charge in [-0.25, -0.2) is 9.18 Å². The van der Waals surface area contributed by atoms with Crippen molar-refractivity contribution in [2.24, 2.45) is 0 Å². The summed E-state index contributed by atoms with van der Waals surface area (Å²) in [7, 11) is 0. The zero-order chi connectivity index (χ0) is 13.0. The van der Waals surface area contributed by atoms with Gasteiger partial charge in [-0.2, -0.15) is 5.26 Å². The second kappa shape index (κ2) is 5.11. The lowest BCUT2D eigenvalue weighted by Gasteiger charge is -2.04. The number of para-hydroxylation sites is 1. The second-order valence-electron chi connectivity index (χ2n) is 3.51. The molecule has 0 radical (unpaired) electrons. The van der Waals surface area contributed by atoms with Gasteiger partial charge in [0.05, 0.1) is 17.2 Å². The van der Waals surface area contributed by atoms with Gasteiger partial charge < -0.3 is 4.74 Å². The first-order valence-corrected chi connectivity index (χ1v) is 5.17. The van der Waals surface area contributed by atoms with Crippen molar-refractivity contribution < 1.29 is 13.9 Å². The van der Waals surface area contributed by atoms with Crippen LogP contribution in [0.4, 0.5) is 4.39 Å². The van der Waals surface area contributed by atoms with E-state index in [4.69, 9.17) is 10.00 Å². The zero-order valence-electron chi connectivity index (χ0n) is 9.26. The highest BCUT2D eigenvalue weighted by molar-refractivity contribution is 5.91. The number of carbonyl (C=O) groups is 1. The summed E-state index contributed by atoms with van der Waals surface area (Å²) in [5.41, 5.74) is 0.703. The Bertz CT molecular complexity index is 614. The number of halogens is 1. The van der Waals surface area contributed by atoms with E-state index in [-0.39, 0.29) is 11.3 Å². The van der Waals surface area contributed by atoms with Gasteiger partial charge in [0.15, 0.2) is 11.6 Å². The van der Waals surface area contributed by atoms with E-state index in [1.807, 2.05) is 6.07 Å². The lowest BCUT2D eigenvalue weighted by Crippen LogP contribution is -2.09. The molecule has 0 aliphatic rings. The van der Waals surface area contributed by atoms with Gasteiger partial charge in [0.25, 0.3) is 0 Å². The van der Waals surface area contributed by atoms with E-state index >= 15 is 0 Å². The van der Waals surface area contributed by atoms with E-state index in [1.54, 1.807) is 6.07 Å². The highest BCUT2D eigenvalue weighted by Gasteiger charge is 2.11. The maximum atomic E-state index is 13.3. The van der Waals surface area contributed by atoms with E-state index in [1.165, 1.54) is 42.5 Å². The summed E-state index contributed by atoms with van der Waals surface area (Å²) >= 11 is 0. The van der Waals surface area contributed by atoms with E-state index in [2.05, 4.69) is 0 Å². The van der Waals surface area contributed by atoms with Crippen molar-refractivity contribution in [2.75, 3.05) is 0 Å². The third-order valence-corrected chi connectivity index (χ3v) is 2.29. The Balaban J connectivity index is 2.17. The molecule has 0 saturated carbocycles. The fraction of sp³-hybridized carbons (Fsp3) is 0. The van der Waals surface area contributed by atoms with Crippen LogP contribution in [0.25, 0.3) is 0 Å². The summed E-state index contributed by atoms with van der Waals surface area (Å²) in [5, 5.41) is 8.62. The lowest BCUT2D eigenvalue weighted by molar-refractivity contribution is 0.0728. The topological polar surface area (TPSA) is 50.1 Å². The smallest absolute Gasteiger partial charge is 0.343 e. The Morgan fingerprint density at radius 1 is 1.11 bits per heavy atom. The Morgan fingerprint density at radius 2 is 1.78 bits per heavy atom. The molecular weight excluding hydrogens is 233 g/mol. The van der Waals surface area contributed by atoms with Crippen LogP contribution in [0, 0.1) is 17.1 Å². The molecular formula is C14H8FNO2. The molecule has 18 heavy (non-hydrogen) atoms. The fourth-order valence-corrected chi connectivity index (χ4v) is 1.37. The predicted octanol–water partition coefficient (Wildman–Crippen LogP) is 2.92. The molecule has 0 bridgehead atoms. The molecule has 0 aliphatic carbocycles. The minimum atomic E-state index is -0.662. The van der Waals surface area contributed by atoms with Crippen LogP contribution in [-0.2, 0) is 0 Å². The van der Waals surface area contributed by atoms with Crippen molar-refractivity contribution in [3.63, 3.8) is 0 Å². The monoisotopic (exact) mass is 241 g/mol. The van der Waals surface area contributed by atoms with Gasteiger partial charge in [-0.15, -0.1) is 0 Å². The van der Waals surface area contributed by atoms with Crippen molar-refractivity contribution in [1.29, 1.82) is 5.26 Å². The molecule has 0 aliphatic heterocycles. The highest BCUT2D eigenvalue weighted by atomic mass is 19.1. The first kappa shape index (κ1) is 11.8. The molecule has 0 atom stereocenters. The van der Waals surface area contributed by atoms with Gasteiger partial charge in [-0.1, -0.05) is 12.1 Å². The maximum Gasteiger partial charge on any atom is 0.343 e. The Labute approximate surface area is 103 Å². The molecule has 0 amide bonds. The summed E-state index contributed by atoms with van der Waals surface area (Å²) in [6.07, 6.45) is 0. The van der Waals surface area contributed by atoms with Gasteiger partial charge in [0, 0.05) is 0 Å².